The number of ketones is 1. The van der Waals surface area contributed by atoms with Crippen LogP contribution in [0.4, 0.5) is 4.39 Å². The Bertz CT molecular complexity index is 1210. The minimum Gasteiger partial charge on any atom is -0.345 e. The zero-order valence-corrected chi connectivity index (χ0v) is 18.6. The Hall–Kier alpha value is -3.00. The average molecular weight is 442 g/mol. The van der Waals surface area contributed by atoms with Crippen molar-refractivity contribution in [3.8, 4) is 5.69 Å². The number of carbonyl (C=O) groups excluding carboxylic acids is 2. The molecule has 0 aliphatic heterocycles. The zero-order valence-electron chi connectivity index (χ0n) is 17.8. The molecule has 0 spiro atoms. The molecule has 3 aromatic rings. The standard InChI is InChI=1S/C23H24FN3O3S/c1-13(2)21(15(4)28)26-20(29)12-31-23-25-19-8-6-5-7-17(19)22(30)27(23)16-10-9-14(3)18(24)11-16/h5-11,13,21H,12H2,1-4H3,(H,26,29). The molecule has 0 aliphatic rings. The molecule has 31 heavy (non-hydrogen) atoms. The molecule has 6 nitrogen and oxygen atoms in total. The summed E-state index contributed by atoms with van der Waals surface area (Å²) in [5.74, 6) is -0.992. The van der Waals surface area contributed by atoms with Gasteiger partial charge in [-0.05, 0) is 49.6 Å². The van der Waals surface area contributed by atoms with Gasteiger partial charge in [0.1, 0.15) is 5.82 Å². The van der Waals surface area contributed by atoms with E-state index in [-0.39, 0.29) is 34.1 Å². The van der Waals surface area contributed by atoms with Gasteiger partial charge >= 0.3 is 0 Å². The molecule has 1 aromatic heterocycles. The number of nitrogens with zero attached hydrogens (tertiary/aromatic N) is 2. The van der Waals surface area contributed by atoms with Crippen LogP contribution in [0, 0.1) is 18.7 Å². The van der Waals surface area contributed by atoms with Crippen LogP contribution in [0.25, 0.3) is 16.6 Å². The van der Waals surface area contributed by atoms with Gasteiger partial charge in [-0.2, -0.15) is 0 Å². The SMILES string of the molecule is CC(=O)C(NC(=O)CSc1nc2ccccc2c(=O)n1-c1ccc(C)c(F)c1)C(C)C. The van der Waals surface area contributed by atoms with Gasteiger partial charge in [0.25, 0.3) is 5.56 Å². The van der Waals surface area contributed by atoms with Crippen LogP contribution in [0.15, 0.2) is 52.4 Å². The molecule has 0 saturated carbocycles. The predicted octanol–water partition coefficient (Wildman–Crippen LogP) is 3.66. The Morgan fingerprint density at radius 3 is 2.55 bits per heavy atom. The third kappa shape index (κ3) is 5.02. The number of para-hydroxylation sites is 1. The normalized spacial score (nSPS) is 12.2. The van der Waals surface area contributed by atoms with Gasteiger partial charge in [0.2, 0.25) is 5.91 Å². The second kappa shape index (κ2) is 9.43. The maximum atomic E-state index is 14.2. The van der Waals surface area contributed by atoms with Gasteiger partial charge in [0.05, 0.1) is 28.4 Å². The summed E-state index contributed by atoms with van der Waals surface area (Å²) in [5.41, 5.74) is 0.935. The Balaban J connectivity index is 1.99. The third-order valence-corrected chi connectivity index (χ3v) is 5.85. The first-order valence-electron chi connectivity index (χ1n) is 9.90. The van der Waals surface area contributed by atoms with E-state index in [0.29, 0.717) is 22.2 Å². The molecule has 0 bridgehead atoms. The summed E-state index contributed by atoms with van der Waals surface area (Å²) in [6.07, 6.45) is 0. The average Bonchev–Trinajstić information content (AvgIpc) is 2.72. The number of benzene rings is 2. The molecule has 0 aliphatic carbocycles. The van der Waals surface area contributed by atoms with Crippen molar-refractivity contribution in [1.82, 2.24) is 14.9 Å². The fourth-order valence-electron chi connectivity index (χ4n) is 3.24. The van der Waals surface area contributed by atoms with Crippen LogP contribution in [0.2, 0.25) is 0 Å². The van der Waals surface area contributed by atoms with Gasteiger partial charge in [-0.15, -0.1) is 0 Å². The fraction of sp³-hybridized carbons (Fsp3) is 0.304. The van der Waals surface area contributed by atoms with Crippen molar-refractivity contribution in [2.75, 3.05) is 5.75 Å². The van der Waals surface area contributed by atoms with Gasteiger partial charge in [-0.25, -0.2) is 9.37 Å². The number of aromatic nitrogens is 2. The molecule has 1 unspecified atom stereocenters. The zero-order chi connectivity index (χ0) is 22.7. The predicted molar refractivity (Wildman–Crippen MR) is 120 cm³/mol. The van der Waals surface area contributed by atoms with E-state index in [9.17, 15) is 18.8 Å². The van der Waals surface area contributed by atoms with Gasteiger partial charge < -0.3 is 5.32 Å². The molecule has 1 heterocycles. The van der Waals surface area contributed by atoms with E-state index >= 15 is 0 Å². The summed E-state index contributed by atoms with van der Waals surface area (Å²) in [6.45, 7) is 6.79. The van der Waals surface area contributed by atoms with Gasteiger partial charge in [0.15, 0.2) is 10.9 Å². The lowest BCUT2D eigenvalue weighted by Crippen LogP contribution is -2.44. The van der Waals surface area contributed by atoms with Crippen molar-refractivity contribution < 1.29 is 14.0 Å². The Morgan fingerprint density at radius 1 is 1.19 bits per heavy atom. The van der Waals surface area contributed by atoms with E-state index in [2.05, 4.69) is 10.3 Å². The minimum absolute atomic E-state index is 0.0426. The smallest absolute Gasteiger partial charge is 0.266 e. The summed E-state index contributed by atoms with van der Waals surface area (Å²) in [6, 6.07) is 10.8. The molecule has 3 rings (SSSR count). The van der Waals surface area contributed by atoms with Crippen LogP contribution >= 0.6 is 11.8 Å². The first-order valence-corrected chi connectivity index (χ1v) is 10.9. The lowest BCUT2D eigenvalue weighted by molar-refractivity contribution is -0.126. The van der Waals surface area contributed by atoms with Crippen molar-refractivity contribution in [3.63, 3.8) is 0 Å². The van der Waals surface area contributed by atoms with Crippen molar-refractivity contribution >= 4 is 34.4 Å². The number of thioether (sulfide) groups is 1. The number of halogens is 1. The van der Waals surface area contributed by atoms with Crippen LogP contribution < -0.4 is 10.9 Å². The molecule has 8 heteroatoms. The highest BCUT2D eigenvalue weighted by Gasteiger charge is 2.21. The number of nitrogens with one attached hydrogen (secondary N) is 1. The molecule has 0 saturated heterocycles. The highest BCUT2D eigenvalue weighted by molar-refractivity contribution is 7.99. The number of Topliss-reactive ketones (excluding diaryl/α,β-unsaturated/α-hetero) is 1. The maximum Gasteiger partial charge on any atom is 0.266 e. The van der Waals surface area contributed by atoms with E-state index in [4.69, 9.17) is 0 Å². The largest absolute Gasteiger partial charge is 0.345 e. The number of carbonyl (C=O) groups is 2. The molecule has 0 fully saturated rings. The monoisotopic (exact) mass is 441 g/mol. The first kappa shape index (κ1) is 22.7. The van der Waals surface area contributed by atoms with Crippen LogP contribution in [-0.2, 0) is 9.59 Å². The minimum atomic E-state index is -0.578. The Morgan fingerprint density at radius 2 is 1.90 bits per heavy atom. The lowest BCUT2D eigenvalue weighted by Gasteiger charge is -2.19. The molecule has 162 valence electrons. The highest BCUT2D eigenvalue weighted by Crippen LogP contribution is 2.22. The summed E-state index contributed by atoms with van der Waals surface area (Å²) in [4.78, 5) is 42.0. The number of rotatable bonds is 7. The van der Waals surface area contributed by atoms with E-state index in [1.165, 1.54) is 17.6 Å². The maximum absolute atomic E-state index is 14.2. The quantitative estimate of drug-likeness (QED) is 0.447. The second-order valence-corrected chi connectivity index (χ2v) is 8.62. The van der Waals surface area contributed by atoms with Gasteiger partial charge in [0, 0.05) is 0 Å². The van der Waals surface area contributed by atoms with Crippen molar-refractivity contribution in [2.24, 2.45) is 5.92 Å². The van der Waals surface area contributed by atoms with Crippen molar-refractivity contribution in [1.29, 1.82) is 0 Å². The van der Waals surface area contributed by atoms with E-state index in [0.717, 1.165) is 11.8 Å². The molecule has 2 aromatic carbocycles. The third-order valence-electron chi connectivity index (χ3n) is 4.91. The van der Waals surface area contributed by atoms with Crippen LogP contribution in [-0.4, -0.2) is 33.0 Å². The van der Waals surface area contributed by atoms with E-state index in [1.54, 1.807) is 43.3 Å². The Kier molecular flexibility index (Phi) is 6.90. The highest BCUT2D eigenvalue weighted by atomic mass is 32.2. The second-order valence-electron chi connectivity index (χ2n) is 7.67. The van der Waals surface area contributed by atoms with Gasteiger partial charge in [-0.1, -0.05) is 43.8 Å². The first-order chi connectivity index (χ1) is 14.7. The molecular formula is C23H24FN3O3S. The summed E-state index contributed by atoms with van der Waals surface area (Å²) < 4.78 is 15.5. The van der Waals surface area contributed by atoms with Crippen LogP contribution in [0.1, 0.15) is 26.3 Å². The number of aryl methyl sites for hydroxylation is 1. The molecule has 1 atom stereocenters. The number of amides is 1. The molecular weight excluding hydrogens is 417 g/mol. The van der Waals surface area contributed by atoms with E-state index < -0.39 is 11.9 Å². The van der Waals surface area contributed by atoms with E-state index in [1.807, 2.05) is 13.8 Å². The fourth-order valence-corrected chi connectivity index (χ4v) is 4.06. The van der Waals surface area contributed by atoms with Crippen molar-refractivity contribution in [3.05, 3.63) is 64.2 Å². The summed E-state index contributed by atoms with van der Waals surface area (Å²) >= 11 is 1.06. The topological polar surface area (TPSA) is 81.1 Å². The summed E-state index contributed by atoms with van der Waals surface area (Å²) in [7, 11) is 0. The molecule has 1 amide bonds. The summed E-state index contributed by atoms with van der Waals surface area (Å²) in [5, 5.41) is 3.40. The van der Waals surface area contributed by atoms with Gasteiger partial charge in [-0.3, -0.25) is 19.0 Å². The van der Waals surface area contributed by atoms with Crippen molar-refractivity contribution in [2.45, 2.75) is 38.9 Å². The van der Waals surface area contributed by atoms with Crippen LogP contribution in [0.5, 0.6) is 0 Å². The molecule has 1 N–H and O–H groups in total. The number of hydrogen-bond donors (Lipinski definition) is 1. The van der Waals surface area contributed by atoms with Crippen LogP contribution in [0.3, 0.4) is 0 Å². The Labute approximate surface area is 183 Å². The molecule has 0 radical (unpaired) electrons. The number of hydrogen-bond acceptors (Lipinski definition) is 5. The number of fused-ring (bicyclic) bond motifs is 1. The lowest BCUT2D eigenvalue weighted by atomic mass is 10.0.